The van der Waals surface area contributed by atoms with Crippen molar-refractivity contribution in [2.75, 3.05) is 6.54 Å². The molecule has 6 heteroatoms. The molecule has 0 spiro atoms. The topological polar surface area (TPSA) is 72.2 Å². The van der Waals surface area contributed by atoms with E-state index < -0.39 is 0 Å². The highest BCUT2D eigenvalue weighted by molar-refractivity contribution is 5.94. The molecular weight excluding hydrogens is 338 g/mol. The second kappa shape index (κ2) is 7.78. The minimum absolute atomic E-state index is 0.118. The Morgan fingerprint density at radius 3 is 2.74 bits per heavy atom. The lowest BCUT2D eigenvalue weighted by Gasteiger charge is -2.07. The molecule has 0 aliphatic rings. The molecule has 0 fully saturated rings. The molecule has 0 unspecified atom stereocenters. The number of nitrogens with zero attached hydrogens (tertiary/aromatic N) is 4. The van der Waals surface area contributed by atoms with Gasteiger partial charge >= 0.3 is 0 Å². The monoisotopic (exact) mass is 357 g/mol. The van der Waals surface area contributed by atoms with Crippen molar-refractivity contribution in [3.8, 4) is 11.4 Å². The summed E-state index contributed by atoms with van der Waals surface area (Å²) >= 11 is 0. The predicted molar refractivity (Wildman–Crippen MR) is 103 cm³/mol. The van der Waals surface area contributed by atoms with Gasteiger partial charge in [-0.25, -0.2) is 4.52 Å². The van der Waals surface area contributed by atoms with Crippen LogP contribution in [0.2, 0.25) is 0 Å². The Kier molecular flexibility index (Phi) is 4.87. The van der Waals surface area contributed by atoms with Crippen LogP contribution in [0.15, 0.2) is 73.2 Å². The first-order valence-corrected chi connectivity index (χ1v) is 8.88. The zero-order valence-corrected chi connectivity index (χ0v) is 14.7. The summed E-state index contributed by atoms with van der Waals surface area (Å²) in [4.78, 5) is 21.0. The Hall–Kier alpha value is -3.54. The first-order valence-electron chi connectivity index (χ1n) is 8.88. The van der Waals surface area contributed by atoms with Crippen LogP contribution in [0, 0.1) is 0 Å². The van der Waals surface area contributed by atoms with Crippen molar-refractivity contribution in [2.45, 2.75) is 12.8 Å². The van der Waals surface area contributed by atoms with Crippen LogP contribution in [0.25, 0.3) is 16.9 Å². The molecule has 0 saturated carbocycles. The summed E-state index contributed by atoms with van der Waals surface area (Å²) in [5.74, 6) is -0.118. The largest absolute Gasteiger partial charge is 0.352 e. The molecule has 1 N–H and O–H groups in total. The fourth-order valence-corrected chi connectivity index (χ4v) is 2.94. The van der Waals surface area contributed by atoms with E-state index in [1.165, 1.54) is 0 Å². The van der Waals surface area contributed by atoms with Gasteiger partial charge in [-0.2, -0.15) is 5.10 Å². The van der Waals surface area contributed by atoms with Gasteiger partial charge in [0.05, 0.1) is 28.7 Å². The maximum Gasteiger partial charge on any atom is 0.252 e. The van der Waals surface area contributed by atoms with Crippen LogP contribution in [0.4, 0.5) is 0 Å². The minimum Gasteiger partial charge on any atom is -0.352 e. The van der Waals surface area contributed by atoms with Crippen LogP contribution in [0.1, 0.15) is 22.5 Å². The number of amides is 1. The van der Waals surface area contributed by atoms with Gasteiger partial charge in [0.1, 0.15) is 0 Å². The van der Waals surface area contributed by atoms with Gasteiger partial charge in [0.2, 0.25) is 0 Å². The number of hydrogen-bond donors (Lipinski definition) is 1. The molecule has 0 bridgehead atoms. The van der Waals surface area contributed by atoms with E-state index in [1.54, 1.807) is 24.7 Å². The van der Waals surface area contributed by atoms with Crippen LogP contribution in [0.3, 0.4) is 0 Å². The third kappa shape index (κ3) is 3.84. The number of fused-ring (bicyclic) bond motifs is 1. The molecule has 27 heavy (non-hydrogen) atoms. The fourth-order valence-electron chi connectivity index (χ4n) is 2.94. The van der Waals surface area contributed by atoms with Crippen LogP contribution < -0.4 is 5.32 Å². The zero-order chi connectivity index (χ0) is 18.5. The smallest absolute Gasteiger partial charge is 0.252 e. The predicted octanol–water partition coefficient (Wildman–Crippen LogP) is 3.15. The average molecular weight is 357 g/mol. The Morgan fingerprint density at radius 2 is 1.93 bits per heavy atom. The molecule has 134 valence electrons. The molecule has 0 aromatic carbocycles. The third-order valence-electron chi connectivity index (χ3n) is 4.33. The van der Waals surface area contributed by atoms with Gasteiger partial charge in [0, 0.05) is 24.6 Å². The van der Waals surface area contributed by atoms with E-state index in [2.05, 4.69) is 20.4 Å². The van der Waals surface area contributed by atoms with E-state index >= 15 is 0 Å². The van der Waals surface area contributed by atoms with Crippen molar-refractivity contribution in [3.63, 3.8) is 0 Å². The summed E-state index contributed by atoms with van der Waals surface area (Å²) in [6, 6.07) is 17.4. The van der Waals surface area contributed by atoms with Crippen molar-refractivity contribution >= 4 is 11.4 Å². The van der Waals surface area contributed by atoms with Crippen LogP contribution in [-0.2, 0) is 6.42 Å². The highest BCUT2D eigenvalue weighted by Gasteiger charge is 2.09. The summed E-state index contributed by atoms with van der Waals surface area (Å²) < 4.78 is 1.83. The molecular formula is C21H19N5O. The summed E-state index contributed by atoms with van der Waals surface area (Å²) in [5, 5.41) is 7.25. The van der Waals surface area contributed by atoms with E-state index in [0.717, 1.165) is 35.4 Å². The average Bonchev–Trinajstić information content (AvgIpc) is 3.21. The Balaban J connectivity index is 1.37. The number of pyridine rings is 3. The van der Waals surface area contributed by atoms with Crippen molar-refractivity contribution < 1.29 is 4.79 Å². The van der Waals surface area contributed by atoms with Gasteiger partial charge < -0.3 is 5.32 Å². The Labute approximate surface area is 156 Å². The van der Waals surface area contributed by atoms with Gasteiger partial charge in [-0.3, -0.25) is 14.8 Å². The van der Waals surface area contributed by atoms with Gasteiger partial charge in [-0.1, -0.05) is 12.1 Å². The third-order valence-corrected chi connectivity index (χ3v) is 4.33. The number of carbonyl (C=O) groups excluding carboxylic acids is 1. The number of aryl methyl sites for hydroxylation is 1. The summed E-state index contributed by atoms with van der Waals surface area (Å²) in [6.07, 6.45) is 6.82. The lowest BCUT2D eigenvalue weighted by Crippen LogP contribution is -2.25. The fraction of sp³-hybridized carbons (Fsp3) is 0.143. The maximum absolute atomic E-state index is 12.3. The first-order chi connectivity index (χ1) is 13.3. The lowest BCUT2D eigenvalue weighted by molar-refractivity contribution is 0.0953. The number of carbonyl (C=O) groups is 1. The van der Waals surface area contributed by atoms with Crippen molar-refractivity contribution in [3.05, 3.63) is 84.4 Å². The van der Waals surface area contributed by atoms with Crippen molar-refractivity contribution in [1.82, 2.24) is 24.9 Å². The number of nitrogens with one attached hydrogen (secondary N) is 1. The highest BCUT2D eigenvalue weighted by atomic mass is 16.1. The Morgan fingerprint density at radius 1 is 0.963 bits per heavy atom. The second-order valence-corrected chi connectivity index (χ2v) is 6.19. The molecule has 0 aliphatic carbocycles. The zero-order valence-electron chi connectivity index (χ0n) is 14.7. The van der Waals surface area contributed by atoms with Gasteiger partial charge in [0.15, 0.2) is 0 Å². The lowest BCUT2D eigenvalue weighted by atomic mass is 10.2. The van der Waals surface area contributed by atoms with Crippen molar-refractivity contribution in [1.29, 1.82) is 0 Å². The summed E-state index contributed by atoms with van der Waals surface area (Å²) in [5.41, 5.74) is 4.25. The molecule has 1 amide bonds. The van der Waals surface area contributed by atoms with E-state index in [0.29, 0.717) is 12.1 Å². The van der Waals surface area contributed by atoms with Crippen molar-refractivity contribution in [2.24, 2.45) is 0 Å². The van der Waals surface area contributed by atoms with E-state index in [4.69, 9.17) is 0 Å². The van der Waals surface area contributed by atoms with Crippen LogP contribution >= 0.6 is 0 Å². The SMILES string of the molecule is O=C(NCCCc1ccccn1)c1ccc(-c2cccc3ccnn23)nc1. The first kappa shape index (κ1) is 16.9. The summed E-state index contributed by atoms with van der Waals surface area (Å²) in [6.45, 7) is 0.601. The maximum atomic E-state index is 12.3. The molecule has 6 nitrogen and oxygen atoms in total. The minimum atomic E-state index is -0.118. The molecule has 0 saturated heterocycles. The highest BCUT2D eigenvalue weighted by Crippen LogP contribution is 2.18. The molecule has 0 atom stereocenters. The molecule has 4 heterocycles. The van der Waals surface area contributed by atoms with Gasteiger partial charge in [-0.05, 0) is 55.3 Å². The molecule has 4 rings (SSSR count). The molecule has 4 aromatic heterocycles. The van der Waals surface area contributed by atoms with Crippen LogP contribution in [-0.4, -0.2) is 32.0 Å². The van der Waals surface area contributed by atoms with E-state index in [9.17, 15) is 4.79 Å². The van der Waals surface area contributed by atoms with E-state index in [1.807, 2.05) is 53.0 Å². The number of hydrogen-bond acceptors (Lipinski definition) is 4. The molecule has 0 aliphatic heterocycles. The molecule has 4 aromatic rings. The summed E-state index contributed by atoms with van der Waals surface area (Å²) in [7, 11) is 0. The van der Waals surface area contributed by atoms with Gasteiger partial charge in [-0.15, -0.1) is 0 Å². The standard InChI is InChI=1S/C21H19N5O/c27-21(23-13-4-6-17-5-1-2-12-22-17)16-9-10-19(24-15-16)20-8-3-7-18-11-14-25-26(18)20/h1-3,5,7-12,14-15H,4,6,13H2,(H,23,27). The van der Waals surface area contributed by atoms with Gasteiger partial charge in [0.25, 0.3) is 5.91 Å². The Bertz CT molecular complexity index is 1040. The number of aromatic nitrogens is 4. The van der Waals surface area contributed by atoms with Crippen LogP contribution in [0.5, 0.6) is 0 Å². The quantitative estimate of drug-likeness (QED) is 0.538. The number of rotatable bonds is 6. The molecule has 0 radical (unpaired) electrons. The normalized spacial score (nSPS) is 10.8. The second-order valence-electron chi connectivity index (χ2n) is 6.19. The van der Waals surface area contributed by atoms with E-state index in [-0.39, 0.29) is 5.91 Å².